The third-order valence-corrected chi connectivity index (χ3v) is 4.50. The molecule has 1 amide bonds. The molecule has 5 heteroatoms. The van der Waals surface area contributed by atoms with Gasteiger partial charge in [0.25, 0.3) is 0 Å². The first kappa shape index (κ1) is 15.7. The molecule has 1 aliphatic carbocycles. The van der Waals surface area contributed by atoms with Gasteiger partial charge in [0, 0.05) is 11.3 Å². The standard InChI is InChI=1S/C20H16F2N2O/c1-11-2-7-15(21)10-16(11)13-5-6-14-9-18(23-19(22)17(14)8-13)24-20(25)12-3-4-12/h2,5-10,12H,3-4H2,1H3,(H,23,24,25). The number of aromatic nitrogens is 1. The quantitative estimate of drug-likeness (QED) is 0.695. The van der Waals surface area contributed by atoms with Gasteiger partial charge in [0.15, 0.2) is 0 Å². The molecule has 0 radical (unpaired) electrons. The summed E-state index contributed by atoms with van der Waals surface area (Å²) in [4.78, 5) is 15.7. The van der Waals surface area contributed by atoms with Crippen LogP contribution in [0.1, 0.15) is 18.4 Å². The van der Waals surface area contributed by atoms with Gasteiger partial charge in [-0.05, 0) is 66.1 Å². The Bertz CT molecular complexity index is 996. The molecule has 0 aliphatic heterocycles. The van der Waals surface area contributed by atoms with Crippen LogP contribution in [0, 0.1) is 24.6 Å². The summed E-state index contributed by atoms with van der Waals surface area (Å²) in [5.74, 6) is -0.856. The second-order valence-corrected chi connectivity index (χ2v) is 6.46. The molecule has 0 saturated heterocycles. The van der Waals surface area contributed by atoms with E-state index in [-0.39, 0.29) is 23.5 Å². The van der Waals surface area contributed by atoms with Crippen molar-refractivity contribution in [3.63, 3.8) is 0 Å². The van der Waals surface area contributed by atoms with E-state index in [0.29, 0.717) is 16.3 Å². The number of carbonyl (C=O) groups excluding carboxylic acids is 1. The third kappa shape index (κ3) is 3.09. The van der Waals surface area contributed by atoms with E-state index in [1.54, 1.807) is 24.3 Å². The van der Waals surface area contributed by atoms with Crippen LogP contribution in [0.25, 0.3) is 21.9 Å². The monoisotopic (exact) mass is 338 g/mol. The Morgan fingerprint density at radius 3 is 2.68 bits per heavy atom. The summed E-state index contributed by atoms with van der Waals surface area (Å²) in [6, 6.07) is 11.4. The average Bonchev–Trinajstić information content (AvgIpc) is 3.42. The molecule has 0 spiro atoms. The molecule has 1 aromatic heterocycles. The van der Waals surface area contributed by atoms with E-state index in [0.717, 1.165) is 24.0 Å². The summed E-state index contributed by atoms with van der Waals surface area (Å²) in [5.41, 5.74) is 2.34. The number of nitrogens with zero attached hydrogens (tertiary/aromatic N) is 1. The summed E-state index contributed by atoms with van der Waals surface area (Å²) in [6.07, 6.45) is 1.75. The van der Waals surface area contributed by atoms with Crippen molar-refractivity contribution >= 4 is 22.5 Å². The van der Waals surface area contributed by atoms with E-state index < -0.39 is 5.95 Å². The molecular formula is C20H16F2N2O. The Morgan fingerprint density at radius 1 is 1.12 bits per heavy atom. The molecular weight excluding hydrogens is 322 g/mol. The summed E-state index contributed by atoms with van der Waals surface area (Å²) < 4.78 is 28.0. The zero-order chi connectivity index (χ0) is 17.6. The van der Waals surface area contributed by atoms with E-state index in [4.69, 9.17) is 0 Å². The number of aryl methyl sites for hydroxylation is 1. The largest absolute Gasteiger partial charge is 0.310 e. The summed E-state index contributed by atoms with van der Waals surface area (Å²) in [5, 5.41) is 3.63. The smallest absolute Gasteiger partial charge is 0.228 e. The average molecular weight is 338 g/mol. The Balaban J connectivity index is 1.74. The highest BCUT2D eigenvalue weighted by atomic mass is 19.1. The van der Waals surface area contributed by atoms with E-state index in [1.165, 1.54) is 12.1 Å². The fourth-order valence-corrected chi connectivity index (χ4v) is 2.92. The van der Waals surface area contributed by atoms with Crippen molar-refractivity contribution in [2.75, 3.05) is 5.32 Å². The van der Waals surface area contributed by atoms with Crippen molar-refractivity contribution in [2.45, 2.75) is 19.8 Å². The molecule has 0 atom stereocenters. The number of hydrogen-bond acceptors (Lipinski definition) is 2. The molecule has 1 aliphatic rings. The van der Waals surface area contributed by atoms with E-state index in [2.05, 4.69) is 10.3 Å². The number of halogens is 2. The lowest BCUT2D eigenvalue weighted by Gasteiger charge is -2.10. The van der Waals surface area contributed by atoms with Crippen LogP contribution in [0.2, 0.25) is 0 Å². The number of rotatable bonds is 3. The van der Waals surface area contributed by atoms with E-state index >= 15 is 0 Å². The van der Waals surface area contributed by atoms with Gasteiger partial charge in [-0.3, -0.25) is 4.79 Å². The zero-order valence-electron chi connectivity index (χ0n) is 13.6. The van der Waals surface area contributed by atoms with Crippen molar-refractivity contribution in [3.8, 4) is 11.1 Å². The molecule has 25 heavy (non-hydrogen) atoms. The van der Waals surface area contributed by atoms with Crippen molar-refractivity contribution in [2.24, 2.45) is 5.92 Å². The van der Waals surface area contributed by atoms with Gasteiger partial charge in [0.2, 0.25) is 11.9 Å². The van der Waals surface area contributed by atoms with Crippen LogP contribution in [-0.4, -0.2) is 10.9 Å². The maximum absolute atomic E-state index is 14.5. The van der Waals surface area contributed by atoms with Crippen molar-refractivity contribution in [1.82, 2.24) is 4.98 Å². The Hall–Kier alpha value is -2.82. The van der Waals surface area contributed by atoms with Gasteiger partial charge in [0.05, 0.1) is 0 Å². The minimum Gasteiger partial charge on any atom is -0.310 e. The highest BCUT2D eigenvalue weighted by Crippen LogP contribution is 2.32. The lowest BCUT2D eigenvalue weighted by Crippen LogP contribution is -2.14. The molecule has 2 aromatic carbocycles. The molecule has 3 nitrogen and oxygen atoms in total. The molecule has 4 rings (SSSR count). The Labute approximate surface area is 143 Å². The molecule has 3 aromatic rings. The van der Waals surface area contributed by atoms with Crippen molar-refractivity contribution < 1.29 is 13.6 Å². The molecule has 0 unspecified atom stereocenters. The van der Waals surface area contributed by atoms with Gasteiger partial charge in [-0.1, -0.05) is 18.2 Å². The highest BCUT2D eigenvalue weighted by molar-refractivity contribution is 5.96. The topological polar surface area (TPSA) is 42.0 Å². The van der Waals surface area contributed by atoms with Gasteiger partial charge in [-0.25, -0.2) is 9.37 Å². The maximum atomic E-state index is 14.5. The van der Waals surface area contributed by atoms with Crippen molar-refractivity contribution in [1.29, 1.82) is 0 Å². The lowest BCUT2D eigenvalue weighted by molar-refractivity contribution is -0.117. The van der Waals surface area contributed by atoms with Gasteiger partial charge in [-0.15, -0.1) is 0 Å². The minimum atomic E-state index is -0.653. The van der Waals surface area contributed by atoms with Crippen molar-refractivity contribution in [3.05, 3.63) is 59.8 Å². The first-order chi connectivity index (χ1) is 12.0. The van der Waals surface area contributed by atoms with E-state index in [1.807, 2.05) is 13.0 Å². The summed E-state index contributed by atoms with van der Waals surface area (Å²) in [6.45, 7) is 1.88. The number of amides is 1. The number of pyridine rings is 1. The van der Waals surface area contributed by atoms with Crippen LogP contribution >= 0.6 is 0 Å². The predicted molar refractivity (Wildman–Crippen MR) is 93.2 cm³/mol. The SMILES string of the molecule is Cc1ccc(F)cc1-c1ccc2cc(NC(=O)C3CC3)nc(F)c2c1. The van der Waals surface area contributed by atoms with Crippen LogP contribution < -0.4 is 5.32 Å². The lowest BCUT2D eigenvalue weighted by atomic mass is 9.98. The summed E-state index contributed by atoms with van der Waals surface area (Å²) >= 11 is 0. The van der Waals surface area contributed by atoms with Crippen LogP contribution in [0.4, 0.5) is 14.6 Å². The minimum absolute atomic E-state index is 0.0267. The number of carbonyl (C=O) groups is 1. The second-order valence-electron chi connectivity index (χ2n) is 6.46. The number of fused-ring (bicyclic) bond motifs is 1. The fraction of sp³-hybridized carbons (Fsp3) is 0.200. The number of anilines is 1. The Kier molecular flexibility index (Phi) is 3.71. The molecule has 1 heterocycles. The van der Waals surface area contributed by atoms with Crippen LogP contribution in [0.15, 0.2) is 42.5 Å². The Morgan fingerprint density at radius 2 is 1.92 bits per heavy atom. The van der Waals surface area contributed by atoms with Gasteiger partial charge < -0.3 is 5.32 Å². The van der Waals surface area contributed by atoms with Gasteiger partial charge in [0.1, 0.15) is 11.6 Å². The van der Waals surface area contributed by atoms with Crippen LogP contribution in [-0.2, 0) is 4.79 Å². The highest BCUT2D eigenvalue weighted by Gasteiger charge is 2.30. The fourth-order valence-electron chi connectivity index (χ4n) is 2.92. The first-order valence-electron chi connectivity index (χ1n) is 8.19. The zero-order valence-corrected chi connectivity index (χ0v) is 13.6. The maximum Gasteiger partial charge on any atom is 0.228 e. The summed E-state index contributed by atoms with van der Waals surface area (Å²) in [7, 11) is 0. The molecule has 1 fully saturated rings. The molecule has 126 valence electrons. The second kappa shape index (κ2) is 5.92. The first-order valence-corrected chi connectivity index (χ1v) is 8.19. The van der Waals surface area contributed by atoms with E-state index in [9.17, 15) is 13.6 Å². The van der Waals surface area contributed by atoms with Gasteiger partial charge >= 0.3 is 0 Å². The normalized spacial score (nSPS) is 13.9. The third-order valence-electron chi connectivity index (χ3n) is 4.50. The number of hydrogen-bond donors (Lipinski definition) is 1. The number of benzene rings is 2. The molecule has 0 bridgehead atoms. The molecule has 1 saturated carbocycles. The van der Waals surface area contributed by atoms with Crippen LogP contribution in [0.3, 0.4) is 0 Å². The number of nitrogens with one attached hydrogen (secondary N) is 1. The predicted octanol–water partition coefficient (Wildman–Crippen LogP) is 4.84. The van der Waals surface area contributed by atoms with Gasteiger partial charge in [-0.2, -0.15) is 4.39 Å². The molecule has 1 N–H and O–H groups in total. The van der Waals surface area contributed by atoms with Crippen LogP contribution in [0.5, 0.6) is 0 Å².